The largest absolute Gasteiger partial charge is 0.393 e. The van der Waals surface area contributed by atoms with Gasteiger partial charge in [-0.3, -0.25) is 0 Å². The SMILES string of the molecule is CC(C)S(=O)(=O)N1CC2CCC(O)C2C1. The van der Waals surface area contributed by atoms with Gasteiger partial charge in [0.05, 0.1) is 11.4 Å². The highest BCUT2D eigenvalue weighted by atomic mass is 32.2. The van der Waals surface area contributed by atoms with Crippen LogP contribution >= 0.6 is 0 Å². The van der Waals surface area contributed by atoms with E-state index < -0.39 is 10.0 Å². The van der Waals surface area contributed by atoms with Gasteiger partial charge >= 0.3 is 0 Å². The van der Waals surface area contributed by atoms with Gasteiger partial charge in [-0.15, -0.1) is 0 Å². The van der Waals surface area contributed by atoms with Gasteiger partial charge in [-0.2, -0.15) is 0 Å². The van der Waals surface area contributed by atoms with Crippen molar-refractivity contribution in [1.29, 1.82) is 0 Å². The number of rotatable bonds is 2. The van der Waals surface area contributed by atoms with Crippen molar-refractivity contribution in [3.63, 3.8) is 0 Å². The molecule has 0 spiro atoms. The van der Waals surface area contributed by atoms with Crippen LogP contribution in [-0.2, 0) is 10.0 Å². The quantitative estimate of drug-likeness (QED) is 0.752. The molecule has 1 saturated carbocycles. The highest BCUT2D eigenvalue weighted by Crippen LogP contribution is 2.39. The normalized spacial score (nSPS) is 37.5. The lowest BCUT2D eigenvalue weighted by molar-refractivity contribution is 0.129. The molecule has 1 N–H and O–H groups in total. The molecule has 0 amide bonds. The molecule has 0 aromatic heterocycles. The Bertz CT molecular complexity index is 339. The molecule has 1 heterocycles. The Kier molecular flexibility index (Phi) is 2.81. The first-order chi connectivity index (χ1) is 6.93. The standard InChI is InChI=1S/C10H19NO3S/c1-7(2)15(13,14)11-5-8-3-4-10(12)9(8)6-11/h7-10,12H,3-6H2,1-2H3. The van der Waals surface area contributed by atoms with E-state index in [0.29, 0.717) is 19.0 Å². The molecule has 0 bridgehead atoms. The summed E-state index contributed by atoms with van der Waals surface area (Å²) < 4.78 is 25.4. The van der Waals surface area contributed by atoms with Crippen LogP contribution in [0.2, 0.25) is 0 Å². The first-order valence-electron chi connectivity index (χ1n) is 5.60. The molecule has 1 saturated heterocycles. The summed E-state index contributed by atoms with van der Waals surface area (Å²) in [6.45, 7) is 4.55. The van der Waals surface area contributed by atoms with E-state index in [1.54, 1.807) is 18.2 Å². The first kappa shape index (κ1) is 11.4. The fourth-order valence-corrected chi connectivity index (χ4v) is 4.08. The van der Waals surface area contributed by atoms with Crippen molar-refractivity contribution in [3.8, 4) is 0 Å². The van der Waals surface area contributed by atoms with Gasteiger partial charge in [0.2, 0.25) is 10.0 Å². The lowest BCUT2D eigenvalue weighted by Gasteiger charge is -2.20. The highest BCUT2D eigenvalue weighted by Gasteiger charge is 2.45. The Morgan fingerprint density at radius 2 is 1.93 bits per heavy atom. The van der Waals surface area contributed by atoms with Crippen molar-refractivity contribution < 1.29 is 13.5 Å². The second-order valence-corrected chi connectivity index (χ2v) is 7.47. The molecule has 0 radical (unpaired) electrons. The molecule has 3 atom stereocenters. The minimum Gasteiger partial charge on any atom is -0.393 e. The van der Waals surface area contributed by atoms with Crippen LogP contribution in [0.25, 0.3) is 0 Å². The van der Waals surface area contributed by atoms with Crippen molar-refractivity contribution in [2.75, 3.05) is 13.1 Å². The van der Waals surface area contributed by atoms with Crippen LogP contribution in [0.1, 0.15) is 26.7 Å². The Balaban J connectivity index is 2.11. The van der Waals surface area contributed by atoms with Crippen LogP contribution in [0.15, 0.2) is 0 Å². The number of aliphatic hydroxyl groups is 1. The molecule has 2 rings (SSSR count). The maximum Gasteiger partial charge on any atom is 0.216 e. The van der Waals surface area contributed by atoms with E-state index >= 15 is 0 Å². The second kappa shape index (κ2) is 3.71. The fraction of sp³-hybridized carbons (Fsp3) is 1.00. The third-order valence-corrected chi connectivity index (χ3v) is 5.95. The van der Waals surface area contributed by atoms with Gasteiger partial charge in [0.25, 0.3) is 0 Å². The van der Waals surface area contributed by atoms with Gasteiger partial charge < -0.3 is 5.11 Å². The van der Waals surface area contributed by atoms with Gasteiger partial charge in [-0.1, -0.05) is 0 Å². The van der Waals surface area contributed by atoms with Crippen molar-refractivity contribution in [2.45, 2.75) is 38.0 Å². The average Bonchev–Trinajstić information content (AvgIpc) is 2.68. The third-order valence-electron chi connectivity index (χ3n) is 3.74. The van der Waals surface area contributed by atoms with Crippen LogP contribution in [0, 0.1) is 11.8 Å². The number of nitrogens with zero attached hydrogens (tertiary/aromatic N) is 1. The molecule has 4 nitrogen and oxygen atoms in total. The smallest absolute Gasteiger partial charge is 0.216 e. The third kappa shape index (κ3) is 1.81. The number of aliphatic hydroxyl groups excluding tert-OH is 1. The Morgan fingerprint density at radius 1 is 1.27 bits per heavy atom. The average molecular weight is 233 g/mol. The van der Waals surface area contributed by atoms with Gasteiger partial charge in [0, 0.05) is 19.0 Å². The topological polar surface area (TPSA) is 57.6 Å². The van der Waals surface area contributed by atoms with Crippen LogP contribution in [-0.4, -0.2) is 42.3 Å². The van der Waals surface area contributed by atoms with Crippen molar-refractivity contribution in [3.05, 3.63) is 0 Å². The molecular formula is C10H19NO3S. The molecule has 88 valence electrons. The summed E-state index contributed by atoms with van der Waals surface area (Å²) in [6.07, 6.45) is 1.52. The van der Waals surface area contributed by atoms with Gasteiger partial charge in [0.1, 0.15) is 0 Å². The molecule has 15 heavy (non-hydrogen) atoms. The zero-order chi connectivity index (χ0) is 11.2. The van der Waals surface area contributed by atoms with E-state index in [2.05, 4.69) is 0 Å². The summed E-state index contributed by atoms with van der Waals surface area (Å²) in [5, 5.41) is 9.35. The predicted molar refractivity (Wildman–Crippen MR) is 57.8 cm³/mol. The molecule has 1 aliphatic heterocycles. The zero-order valence-electron chi connectivity index (χ0n) is 9.26. The van der Waals surface area contributed by atoms with E-state index in [-0.39, 0.29) is 17.3 Å². The Morgan fingerprint density at radius 3 is 2.47 bits per heavy atom. The monoisotopic (exact) mass is 233 g/mol. The molecular weight excluding hydrogens is 214 g/mol. The van der Waals surface area contributed by atoms with Gasteiger partial charge in [-0.25, -0.2) is 12.7 Å². The fourth-order valence-electron chi connectivity index (χ4n) is 2.70. The highest BCUT2D eigenvalue weighted by molar-refractivity contribution is 7.89. The number of hydrogen-bond acceptors (Lipinski definition) is 3. The maximum absolute atomic E-state index is 11.9. The lowest BCUT2D eigenvalue weighted by Crippen LogP contribution is -2.36. The number of hydrogen-bond donors (Lipinski definition) is 1. The van der Waals surface area contributed by atoms with Crippen LogP contribution in [0.4, 0.5) is 0 Å². The first-order valence-corrected chi connectivity index (χ1v) is 7.10. The summed E-state index contributed by atoms with van der Waals surface area (Å²) in [4.78, 5) is 0. The maximum atomic E-state index is 11.9. The second-order valence-electron chi connectivity index (χ2n) is 4.98. The van der Waals surface area contributed by atoms with E-state index in [4.69, 9.17) is 0 Å². The van der Waals surface area contributed by atoms with E-state index in [1.807, 2.05) is 0 Å². The molecule has 1 aliphatic carbocycles. The number of fused-ring (bicyclic) bond motifs is 1. The van der Waals surface area contributed by atoms with Crippen molar-refractivity contribution in [1.82, 2.24) is 4.31 Å². The summed E-state index contributed by atoms with van der Waals surface area (Å²) >= 11 is 0. The lowest BCUT2D eigenvalue weighted by atomic mass is 10.00. The van der Waals surface area contributed by atoms with E-state index in [9.17, 15) is 13.5 Å². The predicted octanol–water partition coefficient (Wildman–Crippen LogP) is 0.427. The number of sulfonamides is 1. The summed E-state index contributed by atoms with van der Waals surface area (Å²) in [6, 6.07) is 0. The molecule has 5 heteroatoms. The van der Waals surface area contributed by atoms with Crippen molar-refractivity contribution in [2.24, 2.45) is 11.8 Å². The van der Waals surface area contributed by atoms with Crippen LogP contribution < -0.4 is 0 Å². The molecule has 0 aromatic rings. The van der Waals surface area contributed by atoms with Crippen LogP contribution in [0.3, 0.4) is 0 Å². The molecule has 3 unspecified atom stereocenters. The summed E-state index contributed by atoms with van der Waals surface area (Å²) in [5.41, 5.74) is 0. The van der Waals surface area contributed by atoms with Gasteiger partial charge in [0.15, 0.2) is 0 Å². The van der Waals surface area contributed by atoms with Gasteiger partial charge in [-0.05, 0) is 32.6 Å². The minimum absolute atomic E-state index is 0.179. The Labute approximate surface area is 91.3 Å². The van der Waals surface area contributed by atoms with Crippen LogP contribution in [0.5, 0.6) is 0 Å². The van der Waals surface area contributed by atoms with Crippen molar-refractivity contribution >= 4 is 10.0 Å². The minimum atomic E-state index is -3.12. The molecule has 2 aliphatic rings. The van der Waals surface area contributed by atoms with E-state index in [1.165, 1.54) is 0 Å². The Hall–Kier alpha value is -0.130. The summed E-state index contributed by atoms with van der Waals surface area (Å²) in [5.74, 6) is 0.562. The zero-order valence-corrected chi connectivity index (χ0v) is 10.1. The molecule has 2 fully saturated rings. The molecule has 0 aromatic carbocycles. The summed E-state index contributed by atoms with van der Waals surface area (Å²) in [7, 11) is -3.12. The van der Waals surface area contributed by atoms with E-state index in [0.717, 1.165) is 12.8 Å².